The van der Waals surface area contributed by atoms with Crippen LogP contribution in [0.15, 0.2) is 23.4 Å². The van der Waals surface area contributed by atoms with Crippen LogP contribution in [0.3, 0.4) is 0 Å². The highest BCUT2D eigenvalue weighted by Gasteiger charge is 2.26. The average Bonchev–Trinajstić information content (AvgIpc) is 2.47. The molecule has 0 bridgehead atoms. The molecule has 2 atom stereocenters. The molecule has 4 N–H and O–H groups in total. The molecule has 1 aromatic carbocycles. The number of hydrogen-bond donors (Lipinski definition) is 3. The SMILES string of the molecule is CC1COC(CO)CN1c1ccc(/C(N)=N/O)c(Cl)c1. The molecule has 2 rings (SSSR count). The summed E-state index contributed by atoms with van der Waals surface area (Å²) in [6.45, 7) is 3.17. The Morgan fingerprint density at radius 1 is 1.60 bits per heavy atom. The summed E-state index contributed by atoms with van der Waals surface area (Å²) in [6, 6.07) is 5.52. The second-order valence-corrected chi connectivity index (χ2v) is 5.20. The van der Waals surface area contributed by atoms with Crippen LogP contribution < -0.4 is 10.6 Å². The van der Waals surface area contributed by atoms with E-state index in [9.17, 15) is 5.11 Å². The minimum absolute atomic E-state index is 0.0147. The van der Waals surface area contributed by atoms with E-state index in [0.29, 0.717) is 23.7 Å². The van der Waals surface area contributed by atoms with Gasteiger partial charge in [-0.15, -0.1) is 0 Å². The number of halogens is 1. The van der Waals surface area contributed by atoms with Crippen molar-refractivity contribution in [2.75, 3.05) is 24.7 Å². The van der Waals surface area contributed by atoms with E-state index in [-0.39, 0.29) is 24.6 Å². The van der Waals surface area contributed by atoms with Crippen molar-refractivity contribution in [1.82, 2.24) is 0 Å². The van der Waals surface area contributed by atoms with Gasteiger partial charge in [-0.2, -0.15) is 0 Å². The van der Waals surface area contributed by atoms with Crippen LogP contribution in [0.5, 0.6) is 0 Å². The van der Waals surface area contributed by atoms with Gasteiger partial charge in [-0.3, -0.25) is 0 Å². The van der Waals surface area contributed by atoms with Crippen molar-refractivity contribution < 1.29 is 15.1 Å². The molecular formula is C13H18ClN3O3. The summed E-state index contributed by atoms with van der Waals surface area (Å²) in [5.41, 5.74) is 6.94. The lowest BCUT2D eigenvalue weighted by atomic mass is 10.1. The summed E-state index contributed by atoms with van der Waals surface area (Å²) in [5, 5.41) is 21.3. The van der Waals surface area contributed by atoms with Crippen molar-refractivity contribution in [3.05, 3.63) is 28.8 Å². The van der Waals surface area contributed by atoms with Crippen molar-refractivity contribution in [1.29, 1.82) is 0 Å². The van der Waals surface area contributed by atoms with Gasteiger partial charge in [0.25, 0.3) is 0 Å². The van der Waals surface area contributed by atoms with Crippen molar-refractivity contribution in [3.8, 4) is 0 Å². The Hall–Kier alpha value is -1.50. The number of hydrogen-bond acceptors (Lipinski definition) is 5. The molecule has 1 aliphatic rings. The number of benzene rings is 1. The highest BCUT2D eigenvalue weighted by Crippen LogP contribution is 2.27. The van der Waals surface area contributed by atoms with Crippen LogP contribution in [0.1, 0.15) is 12.5 Å². The van der Waals surface area contributed by atoms with Crippen molar-refractivity contribution in [2.45, 2.75) is 19.1 Å². The largest absolute Gasteiger partial charge is 0.409 e. The van der Waals surface area contributed by atoms with Crippen LogP contribution in [-0.4, -0.2) is 48.1 Å². The fourth-order valence-electron chi connectivity index (χ4n) is 2.23. The van der Waals surface area contributed by atoms with Crippen LogP contribution >= 0.6 is 11.6 Å². The molecule has 1 saturated heterocycles. The highest BCUT2D eigenvalue weighted by atomic mass is 35.5. The van der Waals surface area contributed by atoms with Crippen LogP contribution in [-0.2, 0) is 4.74 Å². The van der Waals surface area contributed by atoms with Gasteiger partial charge in [0.05, 0.1) is 24.3 Å². The number of aliphatic hydroxyl groups is 1. The lowest BCUT2D eigenvalue weighted by Crippen LogP contribution is -2.49. The Bertz CT molecular complexity index is 510. The van der Waals surface area contributed by atoms with Gasteiger partial charge in [0.2, 0.25) is 0 Å². The fourth-order valence-corrected chi connectivity index (χ4v) is 2.50. The lowest BCUT2D eigenvalue weighted by molar-refractivity contribution is -0.0103. The zero-order chi connectivity index (χ0) is 14.7. The predicted octanol–water partition coefficient (Wildman–Crippen LogP) is 1.02. The third kappa shape index (κ3) is 2.98. The molecule has 0 saturated carbocycles. The Labute approximate surface area is 122 Å². The zero-order valence-electron chi connectivity index (χ0n) is 11.2. The molecule has 6 nitrogen and oxygen atoms in total. The maximum absolute atomic E-state index is 9.21. The summed E-state index contributed by atoms with van der Waals surface area (Å²) in [6.07, 6.45) is -0.200. The van der Waals surface area contributed by atoms with Crippen LogP contribution in [0.4, 0.5) is 5.69 Å². The number of rotatable bonds is 3. The van der Waals surface area contributed by atoms with Gasteiger partial charge in [0, 0.05) is 23.8 Å². The number of aliphatic hydroxyl groups excluding tert-OH is 1. The van der Waals surface area contributed by atoms with Gasteiger partial charge < -0.3 is 25.7 Å². The highest BCUT2D eigenvalue weighted by molar-refractivity contribution is 6.34. The van der Waals surface area contributed by atoms with Gasteiger partial charge in [-0.25, -0.2) is 0 Å². The average molecular weight is 300 g/mol. The van der Waals surface area contributed by atoms with E-state index in [1.165, 1.54) is 0 Å². The number of anilines is 1. The quantitative estimate of drug-likeness (QED) is 0.335. The van der Waals surface area contributed by atoms with Gasteiger partial charge in [0.1, 0.15) is 0 Å². The van der Waals surface area contributed by atoms with E-state index in [2.05, 4.69) is 10.1 Å². The number of oxime groups is 1. The first-order valence-electron chi connectivity index (χ1n) is 6.33. The van der Waals surface area contributed by atoms with Crippen molar-refractivity contribution in [2.24, 2.45) is 10.9 Å². The van der Waals surface area contributed by atoms with Gasteiger partial charge >= 0.3 is 0 Å². The summed E-state index contributed by atoms with van der Waals surface area (Å²) in [4.78, 5) is 2.12. The molecule has 1 fully saturated rings. The Morgan fingerprint density at radius 2 is 2.35 bits per heavy atom. The van der Waals surface area contributed by atoms with Crippen LogP contribution in [0.25, 0.3) is 0 Å². The van der Waals surface area contributed by atoms with E-state index in [1.807, 2.05) is 13.0 Å². The molecule has 110 valence electrons. The fraction of sp³-hybridized carbons (Fsp3) is 0.462. The molecular weight excluding hydrogens is 282 g/mol. The maximum atomic E-state index is 9.21. The number of nitrogens with two attached hydrogens (primary N) is 1. The molecule has 0 radical (unpaired) electrons. The maximum Gasteiger partial charge on any atom is 0.171 e. The smallest absolute Gasteiger partial charge is 0.171 e. The topological polar surface area (TPSA) is 91.3 Å². The third-order valence-electron chi connectivity index (χ3n) is 3.38. The Balaban J connectivity index is 2.26. The van der Waals surface area contributed by atoms with Crippen LogP contribution in [0, 0.1) is 0 Å². The molecule has 2 unspecified atom stereocenters. The van der Waals surface area contributed by atoms with E-state index >= 15 is 0 Å². The number of amidine groups is 1. The number of morpholine rings is 1. The standard InChI is InChI=1S/C13H18ClN3O3/c1-8-7-20-10(6-18)5-17(8)9-2-3-11(12(14)4-9)13(15)16-19/h2-4,8,10,18-19H,5-7H2,1H3,(H2,15,16). The van der Waals surface area contributed by atoms with E-state index in [0.717, 1.165) is 5.69 Å². The van der Waals surface area contributed by atoms with Gasteiger partial charge in [-0.05, 0) is 25.1 Å². The molecule has 20 heavy (non-hydrogen) atoms. The van der Waals surface area contributed by atoms with Crippen molar-refractivity contribution >= 4 is 23.1 Å². The molecule has 0 amide bonds. The zero-order valence-corrected chi connectivity index (χ0v) is 11.9. The second kappa shape index (κ2) is 6.30. The first-order valence-corrected chi connectivity index (χ1v) is 6.71. The monoisotopic (exact) mass is 299 g/mol. The van der Waals surface area contributed by atoms with Gasteiger partial charge in [-0.1, -0.05) is 16.8 Å². The van der Waals surface area contributed by atoms with Crippen molar-refractivity contribution in [3.63, 3.8) is 0 Å². The molecule has 0 spiro atoms. The predicted molar refractivity (Wildman–Crippen MR) is 77.6 cm³/mol. The molecule has 1 aliphatic heterocycles. The van der Waals surface area contributed by atoms with E-state index < -0.39 is 0 Å². The lowest BCUT2D eigenvalue weighted by Gasteiger charge is -2.39. The summed E-state index contributed by atoms with van der Waals surface area (Å²) in [5.74, 6) is -0.0233. The molecule has 1 aromatic rings. The minimum Gasteiger partial charge on any atom is -0.409 e. The van der Waals surface area contributed by atoms with Gasteiger partial charge in [0.15, 0.2) is 5.84 Å². The first-order chi connectivity index (χ1) is 9.56. The summed E-state index contributed by atoms with van der Waals surface area (Å²) < 4.78 is 5.50. The Kier molecular flexibility index (Phi) is 4.69. The molecule has 1 heterocycles. The number of nitrogens with zero attached hydrogens (tertiary/aromatic N) is 2. The summed E-state index contributed by atoms with van der Waals surface area (Å²) in [7, 11) is 0. The molecule has 7 heteroatoms. The summed E-state index contributed by atoms with van der Waals surface area (Å²) >= 11 is 6.16. The third-order valence-corrected chi connectivity index (χ3v) is 3.69. The minimum atomic E-state index is -0.200. The number of ether oxygens (including phenoxy) is 1. The Morgan fingerprint density at radius 3 is 2.95 bits per heavy atom. The van der Waals surface area contributed by atoms with E-state index in [4.69, 9.17) is 27.3 Å². The molecule has 0 aliphatic carbocycles. The molecule has 0 aromatic heterocycles. The normalized spacial score (nSPS) is 23.9. The first kappa shape index (κ1) is 14.9. The van der Waals surface area contributed by atoms with E-state index in [1.54, 1.807) is 12.1 Å². The second-order valence-electron chi connectivity index (χ2n) is 4.79. The van der Waals surface area contributed by atoms with Crippen LogP contribution in [0.2, 0.25) is 5.02 Å².